The molecule has 1 aromatic heterocycles. The van der Waals surface area contributed by atoms with Crippen molar-refractivity contribution in [2.45, 2.75) is 11.8 Å². The smallest absolute Gasteiger partial charge is 0.280 e. The van der Waals surface area contributed by atoms with Gasteiger partial charge >= 0.3 is 0 Å². The summed E-state index contributed by atoms with van der Waals surface area (Å²) in [4.78, 5) is 16.9. The number of halogens is 1. The molecule has 134 valence electrons. The van der Waals surface area contributed by atoms with E-state index in [1.807, 2.05) is 24.3 Å². The van der Waals surface area contributed by atoms with Crippen molar-refractivity contribution in [2.75, 3.05) is 0 Å². The Morgan fingerprint density at radius 3 is 2.31 bits per heavy atom. The number of sulfonamides is 1. The van der Waals surface area contributed by atoms with Gasteiger partial charge in [-0.05, 0) is 55.5 Å². The van der Waals surface area contributed by atoms with Gasteiger partial charge in [-0.15, -0.1) is 0 Å². The van der Waals surface area contributed by atoms with E-state index >= 15 is 0 Å². The first-order valence-corrected chi connectivity index (χ1v) is 9.84. The third kappa shape index (κ3) is 3.85. The Bertz CT molecular complexity index is 1130. The van der Waals surface area contributed by atoms with Crippen molar-refractivity contribution in [3.05, 3.63) is 74.6 Å². The third-order valence-corrected chi connectivity index (χ3v) is 5.17. The minimum absolute atomic E-state index is 0.00636. The Labute approximate surface area is 158 Å². The Balaban J connectivity index is 1.92. The minimum Gasteiger partial charge on any atom is -0.295 e. The van der Waals surface area contributed by atoms with E-state index in [0.717, 1.165) is 4.47 Å². The molecule has 0 saturated carbocycles. The van der Waals surface area contributed by atoms with Crippen LogP contribution in [0, 0.1) is 6.92 Å². The van der Waals surface area contributed by atoms with Crippen LogP contribution in [0.4, 0.5) is 5.69 Å². The average Bonchev–Trinajstić information content (AvgIpc) is 2.88. The molecule has 0 spiro atoms. The van der Waals surface area contributed by atoms with E-state index in [0.29, 0.717) is 22.6 Å². The molecule has 7 nitrogen and oxygen atoms in total. The highest BCUT2D eigenvalue weighted by molar-refractivity contribution is 9.10. The van der Waals surface area contributed by atoms with Crippen LogP contribution in [-0.4, -0.2) is 24.4 Å². The fourth-order valence-corrected chi connectivity index (χ4v) is 3.12. The summed E-state index contributed by atoms with van der Waals surface area (Å²) in [6.07, 6.45) is 1.45. The molecule has 0 aliphatic rings. The van der Waals surface area contributed by atoms with Crippen LogP contribution < -0.4 is 10.7 Å². The highest BCUT2D eigenvalue weighted by atomic mass is 79.9. The Hall–Kier alpha value is -2.49. The molecular formula is C17H15BrN4O3S. The quantitative estimate of drug-likeness (QED) is 0.615. The first-order chi connectivity index (χ1) is 12.3. The van der Waals surface area contributed by atoms with E-state index in [4.69, 9.17) is 5.14 Å². The number of hydrogen-bond acceptors (Lipinski definition) is 4. The molecule has 26 heavy (non-hydrogen) atoms. The van der Waals surface area contributed by atoms with Crippen molar-refractivity contribution in [1.29, 1.82) is 0 Å². The van der Waals surface area contributed by atoms with Crippen LogP contribution in [0.2, 0.25) is 0 Å². The summed E-state index contributed by atoms with van der Waals surface area (Å²) in [6, 6.07) is 13.1. The standard InChI is InChI=1S/C17H15BrN4O3S/c1-11-16(10-20-13-4-8-15(9-5-13)26(19,24)25)17(23)22(21-11)14-6-2-12(18)3-7-14/h2-10,21H,1H3,(H2,19,24,25). The molecule has 3 rings (SSSR count). The molecule has 0 radical (unpaired) electrons. The van der Waals surface area contributed by atoms with Gasteiger partial charge in [0, 0.05) is 16.4 Å². The van der Waals surface area contributed by atoms with Crippen LogP contribution >= 0.6 is 15.9 Å². The van der Waals surface area contributed by atoms with Gasteiger partial charge < -0.3 is 0 Å². The van der Waals surface area contributed by atoms with E-state index < -0.39 is 10.0 Å². The second kappa shape index (κ2) is 7.02. The van der Waals surface area contributed by atoms with E-state index in [2.05, 4.69) is 26.0 Å². The third-order valence-electron chi connectivity index (χ3n) is 3.71. The van der Waals surface area contributed by atoms with Gasteiger partial charge in [-0.2, -0.15) is 0 Å². The molecule has 2 aromatic carbocycles. The van der Waals surface area contributed by atoms with Crippen LogP contribution in [0.1, 0.15) is 11.3 Å². The molecule has 0 bridgehead atoms. The summed E-state index contributed by atoms with van der Waals surface area (Å²) >= 11 is 3.36. The molecular weight excluding hydrogens is 420 g/mol. The Morgan fingerprint density at radius 2 is 1.73 bits per heavy atom. The van der Waals surface area contributed by atoms with Crippen LogP contribution in [0.25, 0.3) is 5.69 Å². The Morgan fingerprint density at radius 1 is 1.12 bits per heavy atom. The zero-order chi connectivity index (χ0) is 18.9. The number of hydrogen-bond donors (Lipinski definition) is 2. The van der Waals surface area contributed by atoms with Crippen LogP contribution in [0.5, 0.6) is 0 Å². The summed E-state index contributed by atoms with van der Waals surface area (Å²) in [6.45, 7) is 1.78. The number of aromatic nitrogens is 2. The maximum absolute atomic E-state index is 12.6. The number of aliphatic imine (C=N–C) groups is 1. The van der Waals surface area contributed by atoms with Crippen molar-refractivity contribution in [3.8, 4) is 5.69 Å². The number of benzene rings is 2. The van der Waals surface area contributed by atoms with Gasteiger partial charge in [-0.25, -0.2) is 18.2 Å². The summed E-state index contributed by atoms with van der Waals surface area (Å²) in [7, 11) is -3.74. The summed E-state index contributed by atoms with van der Waals surface area (Å²) < 4.78 is 24.9. The maximum atomic E-state index is 12.6. The lowest BCUT2D eigenvalue weighted by atomic mass is 10.2. The van der Waals surface area contributed by atoms with Crippen molar-refractivity contribution in [2.24, 2.45) is 10.1 Å². The van der Waals surface area contributed by atoms with Crippen molar-refractivity contribution in [1.82, 2.24) is 9.78 Å². The average molecular weight is 435 g/mol. The van der Waals surface area contributed by atoms with Crippen LogP contribution in [0.15, 0.2) is 67.7 Å². The number of aryl methyl sites for hydroxylation is 1. The summed E-state index contributed by atoms with van der Waals surface area (Å²) in [5.41, 5.74) is 2.08. The van der Waals surface area contributed by atoms with E-state index in [-0.39, 0.29) is 10.5 Å². The SMILES string of the molecule is Cc1[nH]n(-c2ccc(Br)cc2)c(=O)c1C=Nc1ccc(S(N)(=O)=O)cc1. The van der Waals surface area contributed by atoms with E-state index in [1.165, 1.54) is 35.2 Å². The lowest BCUT2D eigenvalue weighted by molar-refractivity contribution is 0.598. The van der Waals surface area contributed by atoms with Crippen molar-refractivity contribution in [3.63, 3.8) is 0 Å². The van der Waals surface area contributed by atoms with Gasteiger partial charge in [0.15, 0.2) is 0 Å². The normalized spacial score (nSPS) is 12.0. The molecule has 1 heterocycles. The van der Waals surface area contributed by atoms with Gasteiger partial charge in [-0.3, -0.25) is 14.9 Å². The number of H-pyrrole nitrogens is 1. The molecule has 0 saturated heterocycles. The molecule has 0 atom stereocenters. The first kappa shape index (κ1) is 18.3. The number of primary sulfonamides is 1. The monoisotopic (exact) mass is 434 g/mol. The largest absolute Gasteiger partial charge is 0.295 e. The van der Waals surface area contributed by atoms with Crippen LogP contribution in [0.3, 0.4) is 0 Å². The van der Waals surface area contributed by atoms with Gasteiger partial charge in [0.1, 0.15) is 0 Å². The molecule has 9 heteroatoms. The maximum Gasteiger partial charge on any atom is 0.280 e. The second-order valence-corrected chi connectivity index (χ2v) is 8.04. The highest BCUT2D eigenvalue weighted by Crippen LogP contribution is 2.16. The predicted octanol–water partition coefficient (Wildman–Crippen LogP) is 2.63. The first-order valence-electron chi connectivity index (χ1n) is 7.50. The van der Waals surface area contributed by atoms with E-state index in [9.17, 15) is 13.2 Å². The van der Waals surface area contributed by atoms with Crippen molar-refractivity contribution >= 4 is 37.9 Å². The fraction of sp³-hybridized carbons (Fsp3) is 0.0588. The minimum atomic E-state index is -3.74. The molecule has 0 aliphatic carbocycles. The van der Waals surface area contributed by atoms with Crippen molar-refractivity contribution < 1.29 is 8.42 Å². The van der Waals surface area contributed by atoms with Gasteiger partial charge in [0.25, 0.3) is 5.56 Å². The van der Waals surface area contributed by atoms with Gasteiger partial charge in [-0.1, -0.05) is 15.9 Å². The molecule has 0 fully saturated rings. The number of nitrogens with one attached hydrogen (secondary N) is 1. The topological polar surface area (TPSA) is 110 Å². The fourth-order valence-electron chi connectivity index (χ4n) is 2.34. The number of rotatable bonds is 4. The lowest BCUT2D eigenvalue weighted by Gasteiger charge is -2.00. The van der Waals surface area contributed by atoms with Gasteiger partial charge in [0.05, 0.1) is 21.8 Å². The zero-order valence-corrected chi connectivity index (χ0v) is 16.1. The Kier molecular flexibility index (Phi) is 4.94. The molecule has 3 aromatic rings. The summed E-state index contributed by atoms with van der Waals surface area (Å²) in [5, 5.41) is 8.08. The zero-order valence-electron chi connectivity index (χ0n) is 13.7. The highest BCUT2D eigenvalue weighted by Gasteiger charge is 2.11. The number of nitrogens with zero attached hydrogens (tertiary/aromatic N) is 2. The number of nitrogens with two attached hydrogens (primary N) is 1. The van der Waals surface area contributed by atoms with E-state index in [1.54, 1.807) is 6.92 Å². The summed E-state index contributed by atoms with van der Waals surface area (Å²) in [5.74, 6) is 0. The predicted molar refractivity (Wildman–Crippen MR) is 104 cm³/mol. The second-order valence-electron chi connectivity index (χ2n) is 5.56. The molecule has 0 unspecified atom stereocenters. The van der Waals surface area contributed by atoms with Crippen LogP contribution in [-0.2, 0) is 10.0 Å². The van der Waals surface area contributed by atoms with Gasteiger partial charge in [0.2, 0.25) is 10.0 Å². The number of aromatic amines is 1. The lowest BCUT2D eigenvalue weighted by Crippen LogP contribution is -2.17. The molecule has 0 amide bonds. The molecule has 0 aliphatic heterocycles. The molecule has 3 N–H and O–H groups in total.